The molecule has 5 heteroatoms. The normalized spacial score (nSPS) is 14.0. The van der Waals surface area contributed by atoms with Crippen LogP contribution in [-0.4, -0.2) is 19.9 Å². The first kappa shape index (κ1) is 37.2. The molecule has 0 N–H and O–H groups in total. The number of fused-ring (bicyclic) bond motifs is 4. The van der Waals surface area contributed by atoms with Crippen LogP contribution in [0.4, 0.5) is 0 Å². The maximum absolute atomic E-state index is 6.48. The molecule has 5 nitrogen and oxygen atoms in total. The summed E-state index contributed by atoms with van der Waals surface area (Å²) in [5, 5.41) is 0. The van der Waals surface area contributed by atoms with Crippen molar-refractivity contribution in [1.82, 2.24) is 19.9 Å². The molecule has 0 fully saturated rings. The summed E-state index contributed by atoms with van der Waals surface area (Å²) in [5.74, 6) is 2.50. The fourth-order valence-electron chi connectivity index (χ4n) is 9.41. The van der Waals surface area contributed by atoms with E-state index in [0.717, 1.165) is 55.6 Å². The van der Waals surface area contributed by atoms with Gasteiger partial charge in [0.2, 0.25) is 5.89 Å². The molecule has 9 aromatic carbocycles. The van der Waals surface area contributed by atoms with Gasteiger partial charge in [0, 0.05) is 22.3 Å². The van der Waals surface area contributed by atoms with Gasteiger partial charge in [-0.05, 0) is 86.0 Å². The Bertz CT molecular complexity index is 3460. The Hall–Kier alpha value is -8.54. The largest absolute Gasteiger partial charge is 0.436 e. The first-order valence-electron chi connectivity index (χ1n) is 21.5. The predicted molar refractivity (Wildman–Crippen MR) is 257 cm³/mol. The fraction of sp³-hybridized carbons (Fsp3) is 0.0169. The summed E-state index contributed by atoms with van der Waals surface area (Å²) in [6.45, 7) is 0. The molecular weight excluding hydrogens is 781 g/mol. The van der Waals surface area contributed by atoms with Gasteiger partial charge in [0.25, 0.3) is 0 Å². The molecule has 0 aliphatic heterocycles. The van der Waals surface area contributed by atoms with Crippen LogP contribution in [0.25, 0.3) is 90.1 Å². The Morgan fingerprint density at radius 2 is 0.750 bits per heavy atom. The lowest BCUT2D eigenvalue weighted by molar-refractivity contribution is 0.618. The minimum atomic E-state index is -0.585. The highest BCUT2D eigenvalue weighted by Crippen LogP contribution is 2.57. The number of aromatic nitrogens is 4. The molecule has 2 aromatic heterocycles. The zero-order valence-corrected chi connectivity index (χ0v) is 34.6. The third-order valence-corrected chi connectivity index (χ3v) is 12.5. The van der Waals surface area contributed by atoms with Gasteiger partial charge >= 0.3 is 0 Å². The standard InChI is InChI=1S/C59H38N4O/c1-5-15-39(16-6-1)40-25-29-43(30-26-40)56-61-55(42-17-7-2-8-18-42)62-57(63-56)44-31-27-41(28-32-44)46-33-35-52-50(37-46)49-23-13-14-24-51(49)59(52,47-21-11-4-12-22-47)48-34-36-53-54(38-48)64-58(60-53)45-19-9-3-10-20-45/h1-38H. The van der Waals surface area contributed by atoms with Crippen LogP contribution in [0.15, 0.2) is 235 Å². The van der Waals surface area contributed by atoms with E-state index in [9.17, 15) is 0 Å². The third-order valence-electron chi connectivity index (χ3n) is 12.5. The maximum atomic E-state index is 6.48. The van der Waals surface area contributed by atoms with Crippen molar-refractivity contribution in [3.05, 3.63) is 253 Å². The number of benzene rings is 9. The highest BCUT2D eigenvalue weighted by molar-refractivity contribution is 5.90. The lowest BCUT2D eigenvalue weighted by Crippen LogP contribution is -2.28. The van der Waals surface area contributed by atoms with E-state index in [2.05, 4.69) is 164 Å². The molecule has 64 heavy (non-hydrogen) atoms. The van der Waals surface area contributed by atoms with E-state index in [1.807, 2.05) is 66.7 Å². The van der Waals surface area contributed by atoms with Crippen LogP contribution < -0.4 is 0 Å². The van der Waals surface area contributed by atoms with E-state index >= 15 is 0 Å². The minimum Gasteiger partial charge on any atom is -0.436 e. The number of oxazole rings is 1. The molecule has 0 saturated carbocycles. The van der Waals surface area contributed by atoms with E-state index in [1.54, 1.807) is 0 Å². The molecular formula is C59H38N4O. The van der Waals surface area contributed by atoms with Gasteiger partial charge < -0.3 is 4.42 Å². The van der Waals surface area contributed by atoms with Crippen molar-refractivity contribution in [2.24, 2.45) is 0 Å². The Balaban J connectivity index is 0.938. The van der Waals surface area contributed by atoms with Crippen molar-refractivity contribution >= 4 is 11.1 Å². The number of nitrogens with zero attached hydrogens (tertiary/aromatic N) is 4. The van der Waals surface area contributed by atoms with E-state index < -0.39 is 5.41 Å². The van der Waals surface area contributed by atoms with Crippen LogP contribution in [0, 0.1) is 0 Å². The van der Waals surface area contributed by atoms with Gasteiger partial charge in [-0.2, -0.15) is 0 Å². The molecule has 0 spiro atoms. The zero-order valence-electron chi connectivity index (χ0n) is 34.6. The summed E-state index contributed by atoms with van der Waals surface area (Å²) in [6.07, 6.45) is 0. The lowest BCUT2D eigenvalue weighted by Gasteiger charge is -2.33. The molecule has 1 atom stereocenters. The molecule has 1 aliphatic carbocycles. The van der Waals surface area contributed by atoms with Crippen molar-refractivity contribution in [1.29, 1.82) is 0 Å². The molecule has 300 valence electrons. The molecule has 0 radical (unpaired) electrons. The summed E-state index contributed by atoms with van der Waals surface area (Å²) in [5.41, 5.74) is 16.5. The summed E-state index contributed by atoms with van der Waals surface area (Å²) in [6, 6.07) is 80.7. The highest BCUT2D eigenvalue weighted by Gasteiger charge is 2.46. The topological polar surface area (TPSA) is 64.7 Å². The summed E-state index contributed by atoms with van der Waals surface area (Å²) in [7, 11) is 0. The van der Waals surface area contributed by atoms with Crippen LogP contribution in [0.1, 0.15) is 22.3 Å². The monoisotopic (exact) mass is 818 g/mol. The molecule has 0 bridgehead atoms. The number of rotatable bonds is 8. The molecule has 1 unspecified atom stereocenters. The lowest BCUT2D eigenvalue weighted by atomic mass is 9.67. The number of hydrogen-bond donors (Lipinski definition) is 0. The van der Waals surface area contributed by atoms with Crippen molar-refractivity contribution in [3.8, 4) is 79.0 Å². The smallest absolute Gasteiger partial charge is 0.227 e. The fourth-order valence-corrected chi connectivity index (χ4v) is 9.41. The molecule has 12 rings (SSSR count). The van der Waals surface area contributed by atoms with Crippen LogP contribution in [0.2, 0.25) is 0 Å². The first-order chi connectivity index (χ1) is 31.7. The Morgan fingerprint density at radius 1 is 0.297 bits per heavy atom. The maximum Gasteiger partial charge on any atom is 0.227 e. The van der Waals surface area contributed by atoms with Crippen molar-refractivity contribution in [2.45, 2.75) is 5.41 Å². The van der Waals surface area contributed by atoms with E-state index in [4.69, 9.17) is 24.4 Å². The van der Waals surface area contributed by atoms with Gasteiger partial charge in [-0.25, -0.2) is 19.9 Å². The van der Waals surface area contributed by atoms with Crippen LogP contribution >= 0.6 is 0 Å². The van der Waals surface area contributed by atoms with Gasteiger partial charge in [0.05, 0.1) is 5.41 Å². The minimum absolute atomic E-state index is 0.585. The summed E-state index contributed by atoms with van der Waals surface area (Å²) >= 11 is 0. The second-order valence-corrected chi connectivity index (χ2v) is 16.2. The Kier molecular flexibility index (Phi) is 8.97. The molecule has 11 aromatic rings. The second kappa shape index (κ2) is 15.4. The Morgan fingerprint density at radius 3 is 1.38 bits per heavy atom. The van der Waals surface area contributed by atoms with Crippen LogP contribution in [0.3, 0.4) is 0 Å². The Labute approximate surface area is 371 Å². The van der Waals surface area contributed by atoms with Gasteiger partial charge in [0.1, 0.15) is 5.52 Å². The molecule has 0 saturated heterocycles. The van der Waals surface area contributed by atoms with Gasteiger partial charge in [-0.3, -0.25) is 0 Å². The van der Waals surface area contributed by atoms with Crippen LogP contribution in [-0.2, 0) is 5.41 Å². The molecule has 1 aliphatic rings. The van der Waals surface area contributed by atoms with Crippen molar-refractivity contribution in [3.63, 3.8) is 0 Å². The summed E-state index contributed by atoms with van der Waals surface area (Å²) < 4.78 is 6.48. The predicted octanol–water partition coefficient (Wildman–Crippen LogP) is 14.4. The average molecular weight is 819 g/mol. The zero-order chi connectivity index (χ0) is 42.5. The van der Waals surface area contributed by atoms with Gasteiger partial charge in [-0.15, -0.1) is 0 Å². The van der Waals surface area contributed by atoms with E-state index in [1.165, 1.54) is 33.4 Å². The van der Waals surface area contributed by atoms with Crippen LogP contribution in [0.5, 0.6) is 0 Å². The van der Waals surface area contributed by atoms with E-state index in [0.29, 0.717) is 23.4 Å². The third kappa shape index (κ3) is 6.33. The number of hydrogen-bond acceptors (Lipinski definition) is 5. The average Bonchev–Trinajstić information content (AvgIpc) is 3.95. The van der Waals surface area contributed by atoms with E-state index in [-0.39, 0.29) is 0 Å². The molecule has 0 amide bonds. The quantitative estimate of drug-likeness (QED) is 0.153. The first-order valence-corrected chi connectivity index (χ1v) is 21.5. The van der Waals surface area contributed by atoms with Crippen molar-refractivity contribution in [2.75, 3.05) is 0 Å². The van der Waals surface area contributed by atoms with Gasteiger partial charge in [-0.1, -0.05) is 200 Å². The SMILES string of the molecule is c1ccc(-c2ccc(-c3nc(-c4ccccc4)nc(-c4ccc(-c5ccc6c(c5)-c5ccccc5C6(c5ccccc5)c5ccc6nc(-c7ccccc7)oc6c5)cc4)n3)cc2)cc1. The summed E-state index contributed by atoms with van der Waals surface area (Å²) in [4.78, 5) is 19.9. The second-order valence-electron chi connectivity index (χ2n) is 16.2. The molecule has 2 heterocycles. The highest BCUT2D eigenvalue weighted by atomic mass is 16.3. The van der Waals surface area contributed by atoms with Crippen molar-refractivity contribution < 1.29 is 4.42 Å². The van der Waals surface area contributed by atoms with Gasteiger partial charge in [0.15, 0.2) is 23.1 Å².